The Bertz CT molecular complexity index is 839. The zero-order valence-electron chi connectivity index (χ0n) is 12.5. The van der Waals surface area contributed by atoms with E-state index in [2.05, 4.69) is 5.32 Å². The molecule has 0 heterocycles. The van der Waals surface area contributed by atoms with Crippen molar-refractivity contribution in [3.05, 3.63) is 65.5 Å². The summed E-state index contributed by atoms with van der Waals surface area (Å²) >= 11 is 0. The molecule has 4 nitrogen and oxygen atoms in total. The Morgan fingerprint density at radius 1 is 1.04 bits per heavy atom. The number of amides is 1. The first kappa shape index (κ1) is 18.1. The molecule has 0 bridgehead atoms. The van der Waals surface area contributed by atoms with Gasteiger partial charge in [-0.2, -0.15) is 18.4 Å². The van der Waals surface area contributed by atoms with E-state index in [9.17, 15) is 27.2 Å². The van der Waals surface area contributed by atoms with Crippen LogP contribution in [-0.2, 0) is 11.0 Å². The van der Waals surface area contributed by atoms with Crippen LogP contribution in [0.1, 0.15) is 15.9 Å². The number of nitrogens with zero attached hydrogens (tertiary/aromatic N) is 1. The SMILES string of the molecule is N#CC(C(=O)Nc1ccc(C(F)(F)F)cc1)C(=O)c1ccccc1F. The van der Waals surface area contributed by atoms with E-state index in [1.54, 1.807) is 0 Å². The number of hydrogen-bond donors (Lipinski definition) is 1. The van der Waals surface area contributed by atoms with E-state index in [4.69, 9.17) is 5.26 Å². The van der Waals surface area contributed by atoms with Gasteiger partial charge in [-0.15, -0.1) is 0 Å². The molecule has 0 spiro atoms. The first-order valence-electron chi connectivity index (χ1n) is 6.90. The Morgan fingerprint density at radius 3 is 2.16 bits per heavy atom. The van der Waals surface area contributed by atoms with Gasteiger partial charge in [0.15, 0.2) is 11.7 Å². The largest absolute Gasteiger partial charge is 0.416 e. The summed E-state index contributed by atoms with van der Waals surface area (Å²) in [4.78, 5) is 24.2. The molecule has 0 saturated heterocycles. The third kappa shape index (κ3) is 4.20. The number of halogens is 4. The van der Waals surface area contributed by atoms with Gasteiger partial charge >= 0.3 is 6.18 Å². The van der Waals surface area contributed by atoms with Gasteiger partial charge in [0.2, 0.25) is 5.91 Å². The molecule has 1 atom stereocenters. The maximum absolute atomic E-state index is 13.6. The minimum absolute atomic E-state index is 0.0282. The molecule has 0 aromatic heterocycles. The van der Waals surface area contributed by atoms with E-state index in [1.165, 1.54) is 18.2 Å². The van der Waals surface area contributed by atoms with Crippen LogP contribution in [0.3, 0.4) is 0 Å². The number of carbonyl (C=O) groups is 2. The third-order valence-electron chi connectivity index (χ3n) is 3.27. The number of hydrogen-bond acceptors (Lipinski definition) is 3. The predicted octanol–water partition coefficient (Wildman–Crippen LogP) is 3.81. The molecule has 8 heteroatoms. The Kier molecular flexibility index (Phi) is 5.17. The van der Waals surface area contributed by atoms with E-state index in [1.807, 2.05) is 0 Å². The van der Waals surface area contributed by atoms with E-state index in [-0.39, 0.29) is 5.69 Å². The van der Waals surface area contributed by atoms with Crippen LogP contribution in [-0.4, -0.2) is 11.7 Å². The van der Waals surface area contributed by atoms with Crippen molar-refractivity contribution in [1.82, 2.24) is 0 Å². The summed E-state index contributed by atoms with van der Waals surface area (Å²) in [7, 11) is 0. The Balaban J connectivity index is 2.17. The molecular formula is C17H10F4N2O2. The van der Waals surface area contributed by atoms with Crippen LogP contribution in [0.4, 0.5) is 23.2 Å². The van der Waals surface area contributed by atoms with Gasteiger partial charge in [-0.25, -0.2) is 4.39 Å². The molecule has 2 aromatic carbocycles. The quantitative estimate of drug-likeness (QED) is 0.518. The van der Waals surface area contributed by atoms with Crippen molar-refractivity contribution in [3.8, 4) is 6.07 Å². The highest BCUT2D eigenvalue weighted by molar-refractivity contribution is 6.15. The topological polar surface area (TPSA) is 70.0 Å². The fourth-order valence-corrected chi connectivity index (χ4v) is 2.01. The van der Waals surface area contributed by atoms with Crippen molar-refractivity contribution in [1.29, 1.82) is 5.26 Å². The lowest BCUT2D eigenvalue weighted by Crippen LogP contribution is -2.29. The molecule has 1 unspecified atom stereocenters. The minimum Gasteiger partial charge on any atom is -0.325 e. The molecule has 25 heavy (non-hydrogen) atoms. The van der Waals surface area contributed by atoms with Crippen LogP contribution in [0.5, 0.6) is 0 Å². The second-order valence-electron chi connectivity index (χ2n) is 4.97. The van der Waals surface area contributed by atoms with Gasteiger partial charge in [-0.1, -0.05) is 12.1 Å². The van der Waals surface area contributed by atoms with Gasteiger partial charge in [0.05, 0.1) is 17.2 Å². The molecule has 0 aliphatic carbocycles. The summed E-state index contributed by atoms with van der Waals surface area (Å²) in [6, 6.07) is 9.80. The molecule has 1 amide bonds. The number of benzene rings is 2. The number of Topliss-reactive ketones (excluding diaryl/α,β-unsaturated/α-hetero) is 1. The monoisotopic (exact) mass is 350 g/mol. The number of alkyl halides is 3. The van der Waals surface area contributed by atoms with Crippen molar-refractivity contribution in [2.75, 3.05) is 5.32 Å². The van der Waals surface area contributed by atoms with E-state index < -0.39 is 40.7 Å². The lowest BCUT2D eigenvalue weighted by atomic mass is 9.97. The lowest BCUT2D eigenvalue weighted by Gasteiger charge is -2.11. The number of carbonyl (C=O) groups excluding carboxylic acids is 2. The third-order valence-corrected chi connectivity index (χ3v) is 3.27. The molecule has 128 valence electrons. The predicted molar refractivity (Wildman–Crippen MR) is 79.9 cm³/mol. The maximum atomic E-state index is 13.6. The van der Waals surface area contributed by atoms with Gasteiger partial charge in [-0.3, -0.25) is 9.59 Å². The maximum Gasteiger partial charge on any atom is 0.416 e. The summed E-state index contributed by atoms with van der Waals surface area (Å²) in [5.41, 5.74) is -1.36. The number of nitrogens with one attached hydrogen (secondary N) is 1. The number of ketones is 1. The Morgan fingerprint density at radius 2 is 1.64 bits per heavy atom. The second kappa shape index (κ2) is 7.13. The summed E-state index contributed by atoms with van der Waals surface area (Å²) in [6.45, 7) is 0. The average molecular weight is 350 g/mol. The van der Waals surface area contributed by atoms with Crippen molar-refractivity contribution in [2.45, 2.75) is 6.18 Å². The Hall–Kier alpha value is -3.21. The van der Waals surface area contributed by atoms with Crippen molar-refractivity contribution in [2.24, 2.45) is 5.92 Å². The first-order valence-corrected chi connectivity index (χ1v) is 6.90. The second-order valence-corrected chi connectivity index (χ2v) is 4.97. The number of rotatable bonds is 4. The van der Waals surface area contributed by atoms with E-state index in [0.29, 0.717) is 0 Å². The van der Waals surface area contributed by atoms with Crippen molar-refractivity contribution < 1.29 is 27.2 Å². The number of nitriles is 1. The van der Waals surface area contributed by atoms with Crippen LogP contribution >= 0.6 is 0 Å². The molecular weight excluding hydrogens is 340 g/mol. The molecule has 0 aliphatic heterocycles. The molecule has 0 fully saturated rings. The average Bonchev–Trinajstić information content (AvgIpc) is 2.55. The standard InChI is InChI=1S/C17H10F4N2O2/c18-14-4-2-1-3-12(14)15(24)13(9-22)16(25)23-11-7-5-10(6-8-11)17(19,20)21/h1-8,13H,(H,23,25). The van der Waals surface area contributed by atoms with Crippen molar-refractivity contribution in [3.63, 3.8) is 0 Å². The minimum atomic E-state index is -4.53. The van der Waals surface area contributed by atoms with Gasteiger partial charge in [0, 0.05) is 5.69 Å². The highest BCUT2D eigenvalue weighted by Crippen LogP contribution is 2.29. The van der Waals surface area contributed by atoms with Crippen LogP contribution < -0.4 is 5.32 Å². The molecule has 1 N–H and O–H groups in total. The normalized spacial score (nSPS) is 12.1. The summed E-state index contributed by atoms with van der Waals surface area (Å²) in [5.74, 6) is -4.81. The first-order chi connectivity index (χ1) is 11.7. The zero-order chi connectivity index (χ0) is 18.6. The van der Waals surface area contributed by atoms with Crippen LogP contribution in [0.25, 0.3) is 0 Å². The van der Waals surface area contributed by atoms with Crippen LogP contribution in [0, 0.1) is 23.1 Å². The molecule has 0 aliphatic rings. The van der Waals surface area contributed by atoms with Crippen LogP contribution in [0.2, 0.25) is 0 Å². The van der Waals surface area contributed by atoms with Crippen LogP contribution in [0.15, 0.2) is 48.5 Å². The zero-order valence-corrected chi connectivity index (χ0v) is 12.5. The lowest BCUT2D eigenvalue weighted by molar-refractivity contribution is -0.137. The molecule has 2 aromatic rings. The van der Waals surface area contributed by atoms with E-state index >= 15 is 0 Å². The molecule has 2 rings (SSSR count). The highest BCUT2D eigenvalue weighted by atomic mass is 19.4. The highest BCUT2D eigenvalue weighted by Gasteiger charge is 2.31. The van der Waals surface area contributed by atoms with Gasteiger partial charge in [0.25, 0.3) is 0 Å². The molecule has 0 radical (unpaired) electrons. The van der Waals surface area contributed by atoms with Gasteiger partial charge in [-0.05, 0) is 36.4 Å². The summed E-state index contributed by atoms with van der Waals surface area (Å²) in [5, 5.41) is 11.2. The fourth-order valence-electron chi connectivity index (χ4n) is 2.01. The van der Waals surface area contributed by atoms with E-state index in [0.717, 1.165) is 36.4 Å². The Labute approximate surface area is 139 Å². The van der Waals surface area contributed by atoms with Gasteiger partial charge in [0.1, 0.15) is 5.82 Å². The van der Waals surface area contributed by atoms with Gasteiger partial charge < -0.3 is 5.32 Å². The smallest absolute Gasteiger partial charge is 0.325 e. The fraction of sp³-hybridized carbons (Fsp3) is 0.118. The summed E-state index contributed by atoms with van der Waals surface area (Å²) < 4.78 is 51.1. The molecule has 0 saturated carbocycles. The van der Waals surface area contributed by atoms with Crippen molar-refractivity contribution >= 4 is 17.4 Å². The summed E-state index contributed by atoms with van der Waals surface area (Å²) in [6.07, 6.45) is -4.53. The number of anilines is 1.